The van der Waals surface area contributed by atoms with E-state index in [-0.39, 0.29) is 0 Å². The van der Waals surface area contributed by atoms with E-state index in [1.165, 1.54) is 11.1 Å². The number of benzene rings is 1. The van der Waals surface area contributed by atoms with Crippen LogP contribution in [0.3, 0.4) is 0 Å². The van der Waals surface area contributed by atoms with Crippen molar-refractivity contribution in [3.8, 4) is 0 Å². The molecule has 0 aromatic heterocycles. The summed E-state index contributed by atoms with van der Waals surface area (Å²) in [6, 6.07) is 8.61. The van der Waals surface area contributed by atoms with Crippen LogP contribution in [0.5, 0.6) is 0 Å². The summed E-state index contributed by atoms with van der Waals surface area (Å²) in [6.07, 6.45) is 1.13. The highest BCUT2D eigenvalue weighted by atomic mass is 79.9. The Balaban J connectivity index is 0.000000424. The maximum atomic E-state index is 4.25. The Bertz CT molecular complexity index is 223. The molecule has 0 N–H and O–H groups in total. The molecule has 0 saturated carbocycles. The zero-order chi connectivity index (χ0) is 10.1. The largest absolute Gasteiger partial charge is 0.388 e. The first-order valence-electron chi connectivity index (χ1n) is 4.26. The van der Waals surface area contributed by atoms with E-state index in [0.717, 1.165) is 11.8 Å². The zero-order valence-corrected chi connectivity index (χ0v) is 10.1. The predicted molar refractivity (Wildman–Crippen MR) is 61.6 cm³/mol. The lowest BCUT2D eigenvalue weighted by molar-refractivity contribution is 0.277. The molecule has 0 atom stereocenters. The van der Waals surface area contributed by atoms with E-state index >= 15 is 0 Å². The molecule has 2 heteroatoms. The van der Waals surface area contributed by atoms with Crippen LogP contribution in [0.4, 0.5) is 0 Å². The lowest BCUT2D eigenvalue weighted by Gasteiger charge is -1.97. The fraction of sp³-hybridized carbons (Fsp3) is 0.455. The summed E-state index contributed by atoms with van der Waals surface area (Å²) in [6.45, 7) is 2.12. The van der Waals surface area contributed by atoms with Gasteiger partial charge in [-0.2, -0.15) is 0 Å². The van der Waals surface area contributed by atoms with Crippen LogP contribution in [-0.2, 0) is 11.2 Å². The van der Waals surface area contributed by atoms with E-state index in [2.05, 4.69) is 51.9 Å². The molecule has 1 rings (SSSR count). The highest BCUT2D eigenvalue weighted by Crippen LogP contribution is 2.05. The first-order valence-corrected chi connectivity index (χ1v) is 5.38. The first-order chi connectivity index (χ1) is 6.24. The molecule has 1 aromatic carbocycles. The third-order valence-electron chi connectivity index (χ3n) is 1.47. The van der Waals surface area contributed by atoms with Crippen LogP contribution in [0.1, 0.15) is 11.1 Å². The molecule has 1 aromatic rings. The van der Waals surface area contributed by atoms with E-state index in [1.807, 2.05) is 0 Å². The van der Waals surface area contributed by atoms with Gasteiger partial charge < -0.3 is 4.74 Å². The minimum Gasteiger partial charge on any atom is -0.388 e. The maximum absolute atomic E-state index is 4.25. The molecular formula is C11H17BrO. The van der Waals surface area contributed by atoms with Gasteiger partial charge in [0.25, 0.3) is 0 Å². The van der Waals surface area contributed by atoms with Gasteiger partial charge in [0.05, 0.1) is 0 Å². The zero-order valence-electron chi connectivity index (χ0n) is 8.51. The second-order valence-electron chi connectivity index (χ2n) is 2.84. The Morgan fingerprint density at radius 3 is 2.38 bits per heavy atom. The average molecular weight is 245 g/mol. The van der Waals surface area contributed by atoms with Crippen LogP contribution in [0.25, 0.3) is 0 Å². The summed E-state index contributed by atoms with van der Waals surface area (Å²) < 4.78 is 4.25. The molecule has 0 bridgehead atoms. The lowest BCUT2D eigenvalue weighted by Crippen LogP contribution is -1.84. The van der Waals surface area contributed by atoms with Crippen molar-refractivity contribution >= 4 is 15.9 Å². The van der Waals surface area contributed by atoms with Gasteiger partial charge in [0.15, 0.2) is 0 Å². The molecule has 1 nitrogen and oxygen atoms in total. The SMILES string of the molecule is COC.Cc1cccc(CCBr)c1. The summed E-state index contributed by atoms with van der Waals surface area (Å²) in [5.74, 6) is 0. The molecule has 0 heterocycles. The standard InChI is InChI=1S/C9H11Br.C2H6O/c1-8-3-2-4-9(7-8)5-6-10;1-3-2/h2-4,7H,5-6H2,1H3;1-2H3. The molecule has 0 unspecified atom stereocenters. The van der Waals surface area contributed by atoms with Crippen LogP contribution in [-0.4, -0.2) is 19.5 Å². The molecule has 0 aliphatic rings. The number of rotatable bonds is 2. The molecule has 74 valence electrons. The van der Waals surface area contributed by atoms with Crippen molar-refractivity contribution in [1.82, 2.24) is 0 Å². The van der Waals surface area contributed by atoms with Crippen molar-refractivity contribution in [2.24, 2.45) is 0 Å². The highest BCUT2D eigenvalue weighted by Gasteiger charge is 1.89. The number of methoxy groups -OCH3 is 1. The second-order valence-corrected chi connectivity index (χ2v) is 3.63. The van der Waals surface area contributed by atoms with Crippen molar-refractivity contribution < 1.29 is 4.74 Å². The van der Waals surface area contributed by atoms with Gasteiger partial charge in [0.2, 0.25) is 0 Å². The Hall–Kier alpha value is -0.340. The lowest BCUT2D eigenvalue weighted by atomic mass is 10.1. The van der Waals surface area contributed by atoms with Gasteiger partial charge >= 0.3 is 0 Å². The van der Waals surface area contributed by atoms with Gasteiger partial charge in [0, 0.05) is 19.5 Å². The Morgan fingerprint density at radius 2 is 1.92 bits per heavy atom. The Morgan fingerprint density at radius 1 is 1.31 bits per heavy atom. The second kappa shape index (κ2) is 8.27. The van der Waals surface area contributed by atoms with Crippen molar-refractivity contribution in [2.45, 2.75) is 13.3 Å². The molecule has 0 radical (unpaired) electrons. The molecule has 13 heavy (non-hydrogen) atoms. The van der Waals surface area contributed by atoms with Gasteiger partial charge in [-0.25, -0.2) is 0 Å². The number of hydrogen-bond donors (Lipinski definition) is 0. The van der Waals surface area contributed by atoms with E-state index in [9.17, 15) is 0 Å². The molecule has 0 aliphatic heterocycles. The van der Waals surface area contributed by atoms with Crippen LogP contribution >= 0.6 is 15.9 Å². The summed E-state index contributed by atoms with van der Waals surface area (Å²) in [7, 11) is 3.25. The summed E-state index contributed by atoms with van der Waals surface area (Å²) in [5, 5.41) is 1.05. The summed E-state index contributed by atoms with van der Waals surface area (Å²) >= 11 is 3.41. The third kappa shape index (κ3) is 6.79. The van der Waals surface area contributed by atoms with Gasteiger partial charge in [-0.3, -0.25) is 0 Å². The molecule has 0 amide bonds. The quantitative estimate of drug-likeness (QED) is 0.727. The number of aryl methyl sites for hydroxylation is 2. The van der Waals surface area contributed by atoms with E-state index in [0.29, 0.717) is 0 Å². The molecule has 0 aliphatic carbocycles. The minimum absolute atomic E-state index is 1.05. The van der Waals surface area contributed by atoms with Crippen LogP contribution in [0.2, 0.25) is 0 Å². The monoisotopic (exact) mass is 244 g/mol. The van der Waals surface area contributed by atoms with Crippen molar-refractivity contribution in [2.75, 3.05) is 19.5 Å². The average Bonchev–Trinajstić information content (AvgIpc) is 2.06. The number of ether oxygens (including phenoxy) is 1. The van der Waals surface area contributed by atoms with Crippen molar-refractivity contribution in [3.63, 3.8) is 0 Å². The maximum Gasteiger partial charge on any atom is 0.0351 e. The van der Waals surface area contributed by atoms with Crippen LogP contribution in [0, 0.1) is 6.92 Å². The molecule has 0 saturated heterocycles. The van der Waals surface area contributed by atoms with Crippen molar-refractivity contribution in [3.05, 3.63) is 35.4 Å². The summed E-state index contributed by atoms with van der Waals surface area (Å²) in [4.78, 5) is 0. The van der Waals surface area contributed by atoms with Gasteiger partial charge in [-0.05, 0) is 18.9 Å². The number of hydrogen-bond acceptors (Lipinski definition) is 1. The van der Waals surface area contributed by atoms with E-state index in [4.69, 9.17) is 0 Å². The van der Waals surface area contributed by atoms with Crippen LogP contribution < -0.4 is 0 Å². The normalized spacial score (nSPS) is 8.92. The number of halogens is 1. The fourth-order valence-electron chi connectivity index (χ4n) is 0.977. The number of alkyl halides is 1. The van der Waals surface area contributed by atoms with Gasteiger partial charge in [0.1, 0.15) is 0 Å². The minimum atomic E-state index is 1.05. The molecular weight excluding hydrogens is 228 g/mol. The van der Waals surface area contributed by atoms with Gasteiger partial charge in [-0.15, -0.1) is 0 Å². The topological polar surface area (TPSA) is 9.23 Å². The third-order valence-corrected chi connectivity index (χ3v) is 1.86. The first kappa shape index (κ1) is 12.7. The van der Waals surface area contributed by atoms with E-state index < -0.39 is 0 Å². The predicted octanol–water partition coefficient (Wildman–Crippen LogP) is 3.20. The Labute approximate surface area is 89.2 Å². The van der Waals surface area contributed by atoms with Crippen molar-refractivity contribution in [1.29, 1.82) is 0 Å². The van der Waals surface area contributed by atoms with Crippen LogP contribution in [0.15, 0.2) is 24.3 Å². The van der Waals surface area contributed by atoms with Gasteiger partial charge in [-0.1, -0.05) is 45.8 Å². The fourth-order valence-corrected chi connectivity index (χ4v) is 1.43. The molecule has 0 fully saturated rings. The van der Waals surface area contributed by atoms with E-state index in [1.54, 1.807) is 14.2 Å². The smallest absolute Gasteiger partial charge is 0.0351 e. The summed E-state index contributed by atoms with van der Waals surface area (Å²) in [5.41, 5.74) is 2.76. The Kier molecular flexibility index (Phi) is 8.05. The highest BCUT2D eigenvalue weighted by molar-refractivity contribution is 9.09. The molecule has 0 spiro atoms.